The molecule has 0 unspecified atom stereocenters. The van der Waals surface area contributed by atoms with Crippen molar-refractivity contribution in [1.82, 2.24) is 9.97 Å². The molecule has 1 fully saturated rings. The summed E-state index contributed by atoms with van der Waals surface area (Å²) in [7, 11) is 0. The number of rotatable bonds is 8. The fourth-order valence-corrected chi connectivity index (χ4v) is 3.43. The summed E-state index contributed by atoms with van der Waals surface area (Å²) < 4.78 is 5.49. The second-order valence-corrected chi connectivity index (χ2v) is 6.92. The summed E-state index contributed by atoms with van der Waals surface area (Å²) in [6.45, 7) is 11.8. The van der Waals surface area contributed by atoms with Gasteiger partial charge in [0.05, 0.1) is 24.6 Å². The van der Waals surface area contributed by atoms with Gasteiger partial charge in [0.15, 0.2) is 0 Å². The molecule has 1 aliphatic heterocycles. The van der Waals surface area contributed by atoms with E-state index in [1.54, 1.807) is 0 Å². The predicted octanol–water partition coefficient (Wildman–Crippen LogP) is 3.99. The van der Waals surface area contributed by atoms with Crippen molar-refractivity contribution in [1.29, 1.82) is 0 Å². The summed E-state index contributed by atoms with van der Waals surface area (Å²) in [6.07, 6.45) is 2.21. The first-order chi connectivity index (χ1) is 13.2. The van der Waals surface area contributed by atoms with Crippen LogP contribution in [-0.4, -0.2) is 49.4 Å². The number of hydrogen-bond donors (Lipinski definition) is 1. The summed E-state index contributed by atoms with van der Waals surface area (Å²) >= 11 is 0. The highest BCUT2D eigenvalue weighted by Crippen LogP contribution is 2.29. The van der Waals surface area contributed by atoms with E-state index in [4.69, 9.17) is 9.72 Å². The molecule has 6 nitrogen and oxygen atoms in total. The fraction of sp³-hybridized carbons (Fsp3) is 0.524. The molecule has 0 saturated carbocycles. The van der Waals surface area contributed by atoms with Crippen LogP contribution in [0.5, 0.6) is 0 Å². The van der Waals surface area contributed by atoms with Crippen LogP contribution in [0.25, 0.3) is 0 Å². The highest BCUT2D eigenvalue weighted by Gasteiger charge is 2.16. The molecule has 2 heterocycles. The molecule has 6 heteroatoms. The van der Waals surface area contributed by atoms with E-state index in [1.807, 2.05) is 13.0 Å². The molecule has 1 aromatic heterocycles. The molecule has 1 aliphatic rings. The number of hydrogen-bond acceptors (Lipinski definition) is 6. The molecule has 0 atom stereocenters. The molecule has 27 heavy (non-hydrogen) atoms. The quantitative estimate of drug-likeness (QED) is 0.759. The van der Waals surface area contributed by atoms with Gasteiger partial charge in [-0.25, -0.2) is 4.98 Å². The van der Waals surface area contributed by atoms with E-state index in [0.29, 0.717) is 5.95 Å². The van der Waals surface area contributed by atoms with Crippen molar-refractivity contribution in [3.8, 4) is 0 Å². The van der Waals surface area contributed by atoms with Crippen molar-refractivity contribution in [2.75, 3.05) is 54.5 Å². The van der Waals surface area contributed by atoms with Crippen LogP contribution in [0.2, 0.25) is 0 Å². The van der Waals surface area contributed by atoms with Crippen molar-refractivity contribution in [3.63, 3.8) is 0 Å². The molecule has 2 aromatic rings. The van der Waals surface area contributed by atoms with E-state index in [-0.39, 0.29) is 0 Å². The number of aryl methyl sites for hydroxylation is 1. The van der Waals surface area contributed by atoms with Crippen LogP contribution in [0.4, 0.5) is 23.1 Å². The topological polar surface area (TPSA) is 53.5 Å². The second kappa shape index (κ2) is 9.55. The third kappa shape index (κ3) is 5.10. The Morgan fingerprint density at radius 1 is 1.07 bits per heavy atom. The van der Waals surface area contributed by atoms with Crippen LogP contribution in [-0.2, 0) is 4.74 Å². The standard InChI is InChI=1S/C21H31N5O/c1-4-10-26(11-5-2)20-16-17(3)22-21(24-20)23-18-8-6-7-9-19(18)25-12-14-27-15-13-25/h6-9,16H,4-5,10-15H2,1-3H3,(H,22,23,24). The molecule has 0 spiro atoms. The Morgan fingerprint density at radius 2 is 1.78 bits per heavy atom. The van der Waals surface area contributed by atoms with Gasteiger partial charge in [-0.1, -0.05) is 26.0 Å². The van der Waals surface area contributed by atoms with Crippen molar-refractivity contribution in [2.45, 2.75) is 33.6 Å². The Labute approximate surface area is 162 Å². The normalized spacial score (nSPS) is 14.3. The van der Waals surface area contributed by atoms with Crippen LogP contribution < -0.4 is 15.1 Å². The molecule has 3 rings (SSSR count). The first-order valence-corrected chi connectivity index (χ1v) is 10.0. The zero-order valence-corrected chi connectivity index (χ0v) is 16.7. The smallest absolute Gasteiger partial charge is 0.229 e. The summed E-state index contributed by atoms with van der Waals surface area (Å²) in [5.41, 5.74) is 3.18. The van der Waals surface area contributed by atoms with Crippen LogP contribution in [0, 0.1) is 6.92 Å². The van der Waals surface area contributed by atoms with Gasteiger partial charge in [-0.05, 0) is 31.9 Å². The minimum absolute atomic E-state index is 0.655. The molecule has 1 aromatic carbocycles. The number of ether oxygens (including phenoxy) is 1. The molecule has 0 amide bonds. The summed E-state index contributed by atoms with van der Waals surface area (Å²) in [4.78, 5) is 14.1. The highest BCUT2D eigenvalue weighted by molar-refractivity contribution is 5.73. The minimum Gasteiger partial charge on any atom is -0.378 e. The lowest BCUT2D eigenvalue weighted by Crippen LogP contribution is -2.36. The number of aromatic nitrogens is 2. The molecular weight excluding hydrogens is 338 g/mol. The zero-order valence-electron chi connectivity index (χ0n) is 16.7. The molecular formula is C21H31N5O. The maximum Gasteiger partial charge on any atom is 0.229 e. The lowest BCUT2D eigenvalue weighted by molar-refractivity contribution is 0.123. The van der Waals surface area contributed by atoms with E-state index in [2.05, 4.69) is 58.2 Å². The average Bonchev–Trinajstić information content (AvgIpc) is 2.68. The van der Waals surface area contributed by atoms with Crippen LogP contribution >= 0.6 is 0 Å². The van der Waals surface area contributed by atoms with Gasteiger partial charge in [0, 0.05) is 37.9 Å². The Kier molecular flexibility index (Phi) is 6.87. The SMILES string of the molecule is CCCN(CCC)c1cc(C)nc(Nc2ccccc2N2CCOCC2)n1. The monoisotopic (exact) mass is 369 g/mol. The molecule has 0 bridgehead atoms. The maximum absolute atomic E-state index is 5.49. The number of anilines is 4. The van der Waals surface area contributed by atoms with Gasteiger partial charge in [0.2, 0.25) is 5.95 Å². The van der Waals surface area contributed by atoms with Crippen molar-refractivity contribution in [2.24, 2.45) is 0 Å². The molecule has 1 N–H and O–H groups in total. The van der Waals surface area contributed by atoms with E-state index in [0.717, 1.165) is 69.4 Å². The first kappa shape index (κ1) is 19.4. The van der Waals surface area contributed by atoms with E-state index < -0.39 is 0 Å². The number of nitrogens with one attached hydrogen (secondary N) is 1. The molecule has 0 radical (unpaired) electrons. The van der Waals surface area contributed by atoms with Crippen LogP contribution in [0.1, 0.15) is 32.4 Å². The Morgan fingerprint density at radius 3 is 2.48 bits per heavy atom. The van der Waals surface area contributed by atoms with Gasteiger partial charge in [-0.15, -0.1) is 0 Å². The third-order valence-electron chi connectivity index (χ3n) is 4.65. The second-order valence-electron chi connectivity index (χ2n) is 6.92. The van der Waals surface area contributed by atoms with Crippen molar-refractivity contribution in [3.05, 3.63) is 36.0 Å². The van der Waals surface area contributed by atoms with Crippen molar-refractivity contribution >= 4 is 23.1 Å². The van der Waals surface area contributed by atoms with Gasteiger partial charge < -0.3 is 19.9 Å². The number of benzene rings is 1. The van der Waals surface area contributed by atoms with Crippen LogP contribution in [0.15, 0.2) is 30.3 Å². The Balaban J connectivity index is 1.85. The fourth-order valence-electron chi connectivity index (χ4n) is 3.43. The summed E-state index contributed by atoms with van der Waals surface area (Å²) in [5.74, 6) is 1.65. The Hall–Kier alpha value is -2.34. The lowest BCUT2D eigenvalue weighted by Gasteiger charge is -2.30. The number of morpholine rings is 1. The van der Waals surface area contributed by atoms with Crippen molar-refractivity contribution < 1.29 is 4.74 Å². The van der Waals surface area contributed by atoms with Crippen LogP contribution in [0.3, 0.4) is 0 Å². The third-order valence-corrected chi connectivity index (χ3v) is 4.65. The number of para-hydroxylation sites is 2. The Bertz CT molecular complexity index is 724. The van der Waals surface area contributed by atoms with Gasteiger partial charge in [0.25, 0.3) is 0 Å². The molecule has 1 saturated heterocycles. The largest absolute Gasteiger partial charge is 0.378 e. The maximum atomic E-state index is 5.49. The zero-order chi connectivity index (χ0) is 19.1. The first-order valence-electron chi connectivity index (χ1n) is 10.0. The van der Waals surface area contributed by atoms with E-state index in [9.17, 15) is 0 Å². The average molecular weight is 370 g/mol. The number of nitrogens with zero attached hydrogens (tertiary/aromatic N) is 4. The summed E-state index contributed by atoms with van der Waals surface area (Å²) in [5, 5.41) is 3.46. The van der Waals surface area contributed by atoms with Gasteiger partial charge >= 0.3 is 0 Å². The molecule has 146 valence electrons. The summed E-state index contributed by atoms with van der Waals surface area (Å²) in [6, 6.07) is 10.4. The van der Waals surface area contributed by atoms with E-state index in [1.165, 1.54) is 5.69 Å². The van der Waals surface area contributed by atoms with Gasteiger partial charge in [-0.3, -0.25) is 0 Å². The molecule has 0 aliphatic carbocycles. The lowest BCUT2D eigenvalue weighted by atomic mass is 10.2. The highest BCUT2D eigenvalue weighted by atomic mass is 16.5. The predicted molar refractivity (Wildman–Crippen MR) is 112 cm³/mol. The minimum atomic E-state index is 0.655. The van der Waals surface area contributed by atoms with Gasteiger partial charge in [0.1, 0.15) is 5.82 Å². The van der Waals surface area contributed by atoms with Gasteiger partial charge in [-0.2, -0.15) is 4.98 Å². The van der Waals surface area contributed by atoms with E-state index >= 15 is 0 Å².